The number of hydrogen-bond acceptors (Lipinski definition) is 0. The van der Waals surface area contributed by atoms with Crippen molar-refractivity contribution in [2.75, 3.05) is 0 Å². The quantitative estimate of drug-likeness (QED) is 0.350. The zero-order valence-electron chi connectivity index (χ0n) is 18.8. The average Bonchev–Trinajstić information content (AvgIpc) is 3.37. The van der Waals surface area contributed by atoms with Gasteiger partial charge in [-0.3, -0.25) is 0 Å². The standard InChI is InChI=1S/2C14H15.2ClH.Zr/c2*1-11(2)13-9-5-6-10-14(13)12-7-3-4-8-12;;;/h2*3,5-7,9-11H,4H2,1-2H3;2*1H;. The van der Waals surface area contributed by atoms with Crippen molar-refractivity contribution in [1.82, 2.24) is 0 Å². The second-order valence-corrected chi connectivity index (χ2v) is 12.2. The van der Waals surface area contributed by atoms with Crippen molar-refractivity contribution < 1.29 is 23.2 Å². The third-order valence-electron chi connectivity index (χ3n) is 5.91. The fourth-order valence-electron chi connectivity index (χ4n) is 4.43. The molecule has 0 aliphatic heterocycles. The molecule has 2 aromatic rings. The van der Waals surface area contributed by atoms with Crippen LogP contribution in [-0.4, -0.2) is 0 Å². The van der Waals surface area contributed by atoms with E-state index in [9.17, 15) is 0 Å². The van der Waals surface area contributed by atoms with E-state index in [0.29, 0.717) is 11.8 Å². The molecule has 0 unspecified atom stereocenters. The summed E-state index contributed by atoms with van der Waals surface area (Å²) in [5.41, 5.74) is 8.93. The molecule has 0 radical (unpaired) electrons. The van der Waals surface area contributed by atoms with Crippen LogP contribution in [0.25, 0.3) is 11.1 Å². The van der Waals surface area contributed by atoms with Gasteiger partial charge in [-0.2, -0.15) is 0 Å². The minimum absolute atomic E-state index is 0. The molecule has 162 valence electrons. The van der Waals surface area contributed by atoms with Gasteiger partial charge in [0.05, 0.1) is 0 Å². The topological polar surface area (TPSA) is 0 Å². The van der Waals surface area contributed by atoms with E-state index >= 15 is 0 Å². The summed E-state index contributed by atoms with van der Waals surface area (Å²) in [6.07, 6.45) is 11.8. The van der Waals surface area contributed by atoms with Crippen LogP contribution < -0.4 is 0 Å². The molecule has 0 amide bonds. The molecule has 0 atom stereocenters. The van der Waals surface area contributed by atoms with Crippen molar-refractivity contribution >= 4 is 36.0 Å². The number of benzene rings is 2. The Balaban J connectivity index is 0.00000171. The molecule has 0 aromatic heterocycles. The van der Waals surface area contributed by atoms with Crippen LogP contribution in [0.5, 0.6) is 0 Å². The van der Waals surface area contributed by atoms with Gasteiger partial charge in [0, 0.05) is 0 Å². The number of halogens is 2. The summed E-state index contributed by atoms with van der Waals surface area (Å²) in [5, 5.41) is 0. The molecule has 2 aromatic carbocycles. The Morgan fingerprint density at radius 2 is 1.00 bits per heavy atom. The third-order valence-corrected chi connectivity index (χ3v) is 9.72. The van der Waals surface area contributed by atoms with Crippen LogP contribution in [0.15, 0.2) is 79.4 Å². The summed E-state index contributed by atoms with van der Waals surface area (Å²) in [6, 6.07) is 18.0. The van der Waals surface area contributed by atoms with Crippen LogP contribution >= 0.6 is 24.8 Å². The van der Waals surface area contributed by atoms with Crippen molar-refractivity contribution in [2.24, 2.45) is 0 Å². The summed E-state index contributed by atoms with van der Waals surface area (Å²) in [7, 11) is 0. The minimum atomic E-state index is -0.810. The van der Waals surface area contributed by atoms with Crippen molar-refractivity contribution in [2.45, 2.75) is 52.4 Å². The molecule has 0 spiro atoms. The predicted octanol–water partition coefficient (Wildman–Crippen LogP) is 8.90. The van der Waals surface area contributed by atoms with Gasteiger partial charge in [-0.15, -0.1) is 24.8 Å². The van der Waals surface area contributed by atoms with Crippen molar-refractivity contribution in [3.63, 3.8) is 0 Å². The summed E-state index contributed by atoms with van der Waals surface area (Å²) < 4.78 is 3.47. The van der Waals surface area contributed by atoms with Crippen LogP contribution in [-0.2, 0) is 23.2 Å². The van der Waals surface area contributed by atoms with Crippen LogP contribution in [0, 0.1) is 0 Å². The molecule has 0 fully saturated rings. The molecule has 0 bridgehead atoms. The Morgan fingerprint density at radius 1 is 0.613 bits per heavy atom. The molecule has 0 saturated carbocycles. The zero-order chi connectivity index (χ0) is 20.4. The smallest absolute Gasteiger partial charge is 0.147 e. The maximum Gasteiger partial charge on any atom is -0.147 e. The molecular formula is C28H32Cl2Zr. The maximum atomic E-state index is 2.39. The van der Waals surface area contributed by atoms with Crippen molar-refractivity contribution in [3.05, 3.63) is 102 Å². The first kappa shape index (κ1) is 26.1. The molecule has 2 aliphatic carbocycles. The van der Waals surface area contributed by atoms with Gasteiger partial charge in [0.2, 0.25) is 0 Å². The summed E-state index contributed by atoms with van der Waals surface area (Å²) in [6.45, 7) is 9.23. The molecule has 3 heteroatoms. The molecular weight excluding hydrogens is 498 g/mol. The minimum Gasteiger partial charge on any atom is -0.147 e. The molecule has 4 rings (SSSR count). The van der Waals surface area contributed by atoms with E-state index in [4.69, 9.17) is 0 Å². The van der Waals surface area contributed by atoms with Crippen molar-refractivity contribution in [3.8, 4) is 0 Å². The summed E-state index contributed by atoms with van der Waals surface area (Å²) in [5.74, 6) is 1.11. The first-order valence-electron chi connectivity index (χ1n) is 10.8. The van der Waals surface area contributed by atoms with E-state index in [1.807, 2.05) is 0 Å². The van der Waals surface area contributed by atoms with Gasteiger partial charge >= 0.3 is 188 Å². The van der Waals surface area contributed by atoms with Gasteiger partial charge in [-0.1, -0.05) is 0 Å². The largest absolute Gasteiger partial charge is 0.147 e. The average molecular weight is 531 g/mol. The van der Waals surface area contributed by atoms with Crippen LogP contribution in [0.4, 0.5) is 0 Å². The van der Waals surface area contributed by atoms with Gasteiger partial charge < -0.3 is 0 Å². The fraction of sp³-hybridized carbons (Fsp3) is 0.286. The number of rotatable bonds is 6. The summed E-state index contributed by atoms with van der Waals surface area (Å²) in [4.78, 5) is 0. The number of hydrogen-bond donors (Lipinski definition) is 0. The van der Waals surface area contributed by atoms with E-state index in [1.54, 1.807) is 6.56 Å². The third kappa shape index (κ3) is 5.62. The molecule has 0 heterocycles. The van der Waals surface area contributed by atoms with E-state index in [-0.39, 0.29) is 24.8 Å². The molecule has 31 heavy (non-hydrogen) atoms. The van der Waals surface area contributed by atoms with Gasteiger partial charge in [0.15, 0.2) is 0 Å². The summed E-state index contributed by atoms with van der Waals surface area (Å²) >= 11 is -0.810. The van der Waals surface area contributed by atoms with E-state index in [1.165, 1.54) is 33.4 Å². The molecule has 0 nitrogen and oxygen atoms in total. The Hall–Kier alpha value is -1.14. The second kappa shape index (κ2) is 11.6. The van der Waals surface area contributed by atoms with Gasteiger partial charge in [-0.25, -0.2) is 0 Å². The zero-order valence-corrected chi connectivity index (χ0v) is 22.9. The first-order chi connectivity index (χ1) is 14.1. The van der Waals surface area contributed by atoms with Gasteiger partial charge in [-0.05, 0) is 0 Å². The van der Waals surface area contributed by atoms with Crippen LogP contribution in [0.2, 0.25) is 0 Å². The maximum absolute atomic E-state index is 2.39. The monoisotopic (exact) mass is 528 g/mol. The first-order valence-corrected chi connectivity index (χ1v) is 13.3. The van der Waals surface area contributed by atoms with E-state index in [0.717, 1.165) is 12.8 Å². The SMILES string of the molecule is CC(C)c1ccccc1C1=[C]([Zr][C]2=C(c3ccccc3C(C)C)C=CC2)CC=C1.Cl.Cl. The second-order valence-electron chi connectivity index (χ2n) is 8.61. The molecule has 0 N–H and O–H groups in total. The van der Waals surface area contributed by atoms with E-state index < -0.39 is 23.2 Å². The fourth-order valence-corrected chi connectivity index (χ4v) is 8.14. The predicted molar refractivity (Wildman–Crippen MR) is 137 cm³/mol. The van der Waals surface area contributed by atoms with E-state index in [2.05, 4.69) is 101 Å². The van der Waals surface area contributed by atoms with Gasteiger partial charge in [0.1, 0.15) is 0 Å². The van der Waals surface area contributed by atoms with Crippen LogP contribution in [0.1, 0.15) is 74.6 Å². The van der Waals surface area contributed by atoms with Crippen molar-refractivity contribution in [1.29, 1.82) is 0 Å². The van der Waals surface area contributed by atoms with Crippen LogP contribution in [0.3, 0.4) is 0 Å². The Bertz CT molecular complexity index is 955. The Morgan fingerprint density at radius 3 is 1.39 bits per heavy atom. The molecule has 0 saturated heterocycles. The molecule has 2 aliphatic rings. The Kier molecular flexibility index (Phi) is 9.81. The normalized spacial score (nSPS) is 15.0. The Labute approximate surface area is 212 Å². The van der Waals surface area contributed by atoms with Gasteiger partial charge in [0.25, 0.3) is 0 Å². The number of allylic oxidation sites excluding steroid dienone is 8.